The molecule has 0 aliphatic carbocycles. The molecule has 0 saturated carbocycles. The van der Waals surface area contributed by atoms with E-state index in [0.29, 0.717) is 27.2 Å². The highest BCUT2D eigenvalue weighted by Gasteiger charge is 2.35. The van der Waals surface area contributed by atoms with Gasteiger partial charge in [0, 0.05) is 33.1 Å². The van der Waals surface area contributed by atoms with E-state index in [4.69, 9.17) is 14.5 Å². The molecule has 228 valence electrons. The Kier molecular flexibility index (Phi) is 8.86. The zero-order chi connectivity index (χ0) is 31.5. The first-order chi connectivity index (χ1) is 21.9. The van der Waals surface area contributed by atoms with Gasteiger partial charge in [-0.15, -0.1) is 11.8 Å². The maximum atomic E-state index is 14.3. The molecule has 0 N–H and O–H groups in total. The average molecular weight is 638 g/mol. The number of carbonyl (C=O) groups excluding carboxylic acids is 2. The number of ether oxygens (including phenoxy) is 2. The van der Waals surface area contributed by atoms with Crippen molar-refractivity contribution in [2.24, 2.45) is 4.99 Å². The molecule has 10 heteroatoms. The van der Waals surface area contributed by atoms with E-state index < -0.39 is 12.0 Å². The number of benzene rings is 3. The van der Waals surface area contributed by atoms with Crippen LogP contribution in [-0.4, -0.2) is 40.5 Å². The molecule has 3 heterocycles. The number of hydrogen-bond donors (Lipinski definition) is 0. The Morgan fingerprint density at radius 2 is 1.67 bits per heavy atom. The lowest BCUT2D eigenvalue weighted by Crippen LogP contribution is -2.40. The van der Waals surface area contributed by atoms with Crippen molar-refractivity contribution >= 4 is 57.7 Å². The molecule has 3 aromatic carbocycles. The van der Waals surface area contributed by atoms with Gasteiger partial charge in [-0.1, -0.05) is 72.0 Å². The summed E-state index contributed by atoms with van der Waals surface area (Å²) in [6.45, 7) is 4.07. The Morgan fingerprint density at radius 1 is 0.956 bits per heavy atom. The first-order valence-electron chi connectivity index (χ1n) is 14.6. The Bertz CT molecular complexity index is 2110. The highest BCUT2D eigenvalue weighted by atomic mass is 32.2. The van der Waals surface area contributed by atoms with Crippen LogP contribution < -0.4 is 14.9 Å². The molecule has 1 atom stereocenters. The molecule has 0 radical (unpaired) electrons. The Morgan fingerprint density at radius 3 is 2.38 bits per heavy atom. The van der Waals surface area contributed by atoms with Crippen LogP contribution in [0.2, 0.25) is 0 Å². The minimum absolute atomic E-state index is 0.0544. The second-order valence-electron chi connectivity index (χ2n) is 10.2. The van der Waals surface area contributed by atoms with Crippen LogP contribution in [0.1, 0.15) is 36.6 Å². The van der Waals surface area contributed by atoms with Gasteiger partial charge in [-0.3, -0.25) is 14.2 Å². The molecule has 5 aromatic rings. The minimum atomic E-state index is -0.751. The predicted octanol–water partition coefficient (Wildman–Crippen LogP) is 5.18. The van der Waals surface area contributed by atoms with Gasteiger partial charge in [-0.2, -0.15) is 0 Å². The van der Waals surface area contributed by atoms with E-state index in [-0.39, 0.29) is 24.7 Å². The van der Waals surface area contributed by atoms with Crippen LogP contribution in [0, 0.1) is 0 Å². The van der Waals surface area contributed by atoms with Crippen molar-refractivity contribution in [2.75, 3.05) is 19.5 Å². The highest BCUT2D eigenvalue weighted by Crippen LogP contribution is 2.35. The summed E-state index contributed by atoms with van der Waals surface area (Å²) in [6.07, 6.45) is 5.69. The molecule has 8 nitrogen and oxygen atoms in total. The van der Waals surface area contributed by atoms with Gasteiger partial charge in [-0.25, -0.2) is 9.79 Å². The van der Waals surface area contributed by atoms with Crippen LogP contribution >= 0.6 is 23.1 Å². The summed E-state index contributed by atoms with van der Waals surface area (Å²) in [5.41, 5.74) is 3.69. The molecule has 45 heavy (non-hydrogen) atoms. The zero-order valence-electron chi connectivity index (χ0n) is 25.1. The van der Waals surface area contributed by atoms with Crippen LogP contribution in [0.15, 0.2) is 105 Å². The van der Waals surface area contributed by atoms with E-state index >= 15 is 0 Å². The smallest absolute Gasteiger partial charge is 0.338 e. The number of hydrogen-bond acceptors (Lipinski definition) is 8. The second kappa shape index (κ2) is 13.1. The SMILES string of the molecule is CCOC(=O)Cn1cc(C=c2sc3n(c2=O)[C@H](c2ccc(SC)cc2)C(C(=O)OCC)=C(c2ccccc2)N=3)c2ccccc21. The van der Waals surface area contributed by atoms with Gasteiger partial charge >= 0.3 is 11.9 Å². The standard InChI is InChI=1S/C35H31N3O5S2/c1-4-42-29(39)21-37-20-24(26-13-9-10-14-27(26)37)19-28-33(40)38-32(23-15-17-25(44-3)18-16-23)30(34(41)43-5-2)31(36-35(38)45-28)22-11-7-6-8-12-22/h6-20,32H,4-5,21H2,1-3H3/t32-/m1/s1. The number of para-hydroxylation sites is 1. The zero-order valence-corrected chi connectivity index (χ0v) is 26.7. The number of thioether (sulfide) groups is 1. The first kappa shape index (κ1) is 30.4. The van der Waals surface area contributed by atoms with E-state index in [2.05, 4.69) is 0 Å². The third-order valence-corrected chi connectivity index (χ3v) is 9.24. The quantitative estimate of drug-likeness (QED) is 0.164. The van der Waals surface area contributed by atoms with Gasteiger partial charge in [0.05, 0.1) is 35.1 Å². The molecule has 0 spiro atoms. The predicted molar refractivity (Wildman–Crippen MR) is 178 cm³/mol. The number of fused-ring (bicyclic) bond motifs is 2. The van der Waals surface area contributed by atoms with Crippen molar-refractivity contribution in [3.63, 3.8) is 0 Å². The van der Waals surface area contributed by atoms with Gasteiger partial charge in [0.1, 0.15) is 6.54 Å². The molecular weight excluding hydrogens is 607 g/mol. The van der Waals surface area contributed by atoms with Gasteiger partial charge < -0.3 is 14.0 Å². The van der Waals surface area contributed by atoms with Crippen molar-refractivity contribution in [1.29, 1.82) is 0 Å². The monoisotopic (exact) mass is 637 g/mol. The van der Waals surface area contributed by atoms with Crippen LogP contribution in [0.25, 0.3) is 22.7 Å². The van der Waals surface area contributed by atoms with E-state index in [1.54, 1.807) is 30.2 Å². The van der Waals surface area contributed by atoms with Gasteiger partial charge in [-0.05, 0) is 49.9 Å². The summed E-state index contributed by atoms with van der Waals surface area (Å²) in [4.78, 5) is 46.8. The second-order valence-corrected chi connectivity index (χ2v) is 12.1. The summed E-state index contributed by atoms with van der Waals surface area (Å²) < 4.78 is 14.6. The summed E-state index contributed by atoms with van der Waals surface area (Å²) in [5.74, 6) is -0.855. The number of esters is 2. The first-order valence-corrected chi connectivity index (χ1v) is 16.6. The summed E-state index contributed by atoms with van der Waals surface area (Å²) in [7, 11) is 0. The number of nitrogens with zero attached hydrogens (tertiary/aromatic N) is 3. The summed E-state index contributed by atoms with van der Waals surface area (Å²) in [5, 5.41) is 0.897. The molecule has 6 rings (SSSR count). The number of rotatable bonds is 9. The van der Waals surface area contributed by atoms with Crippen LogP contribution in [0.5, 0.6) is 0 Å². The van der Waals surface area contributed by atoms with Crippen molar-refractivity contribution in [3.05, 3.63) is 127 Å². The maximum absolute atomic E-state index is 14.3. The lowest BCUT2D eigenvalue weighted by molar-refractivity contribution is -0.143. The van der Waals surface area contributed by atoms with Crippen LogP contribution in [-0.2, 0) is 25.6 Å². The molecule has 0 bridgehead atoms. The van der Waals surface area contributed by atoms with E-state index in [9.17, 15) is 14.4 Å². The van der Waals surface area contributed by atoms with Gasteiger partial charge in [0.25, 0.3) is 5.56 Å². The molecular formula is C35H31N3O5S2. The average Bonchev–Trinajstić information content (AvgIpc) is 3.56. The van der Waals surface area contributed by atoms with Crippen molar-refractivity contribution in [2.45, 2.75) is 31.3 Å². The minimum Gasteiger partial charge on any atom is -0.465 e. The van der Waals surface area contributed by atoms with Crippen molar-refractivity contribution in [3.8, 4) is 0 Å². The molecule has 2 aromatic heterocycles. The van der Waals surface area contributed by atoms with Gasteiger partial charge in [0.2, 0.25) is 0 Å². The number of carbonyl (C=O) groups is 2. The Labute approximate surface area is 267 Å². The van der Waals surface area contributed by atoms with Crippen molar-refractivity contribution < 1.29 is 19.1 Å². The fraction of sp³-hybridized carbons (Fsp3) is 0.200. The normalized spacial score (nSPS) is 14.7. The summed E-state index contributed by atoms with van der Waals surface area (Å²) in [6, 6.07) is 24.3. The largest absolute Gasteiger partial charge is 0.465 e. The Hall–Kier alpha value is -4.67. The number of thiazole rings is 1. The van der Waals surface area contributed by atoms with Crippen molar-refractivity contribution in [1.82, 2.24) is 9.13 Å². The van der Waals surface area contributed by atoms with E-state index in [0.717, 1.165) is 32.5 Å². The number of aromatic nitrogens is 2. The third kappa shape index (κ3) is 5.91. The Balaban J connectivity index is 1.59. The van der Waals surface area contributed by atoms with E-state index in [1.807, 2.05) is 102 Å². The molecule has 0 unspecified atom stereocenters. The lowest BCUT2D eigenvalue weighted by atomic mass is 9.93. The molecule has 0 amide bonds. The molecule has 0 fully saturated rings. The molecule has 1 aliphatic rings. The maximum Gasteiger partial charge on any atom is 0.338 e. The lowest BCUT2D eigenvalue weighted by Gasteiger charge is -2.26. The molecule has 1 aliphatic heterocycles. The molecule has 0 saturated heterocycles. The highest BCUT2D eigenvalue weighted by molar-refractivity contribution is 7.98. The van der Waals surface area contributed by atoms with Crippen LogP contribution in [0.4, 0.5) is 0 Å². The topological polar surface area (TPSA) is 91.9 Å². The van der Waals surface area contributed by atoms with Gasteiger partial charge in [0.15, 0.2) is 4.80 Å². The fourth-order valence-corrected chi connectivity index (χ4v) is 6.95. The summed E-state index contributed by atoms with van der Waals surface area (Å²) >= 11 is 2.88. The fourth-order valence-electron chi connectivity index (χ4n) is 5.55. The van der Waals surface area contributed by atoms with Crippen LogP contribution in [0.3, 0.4) is 0 Å². The third-order valence-electron chi connectivity index (χ3n) is 7.52. The van der Waals surface area contributed by atoms with E-state index in [1.165, 1.54) is 11.3 Å².